The maximum Gasteiger partial charge on any atom is 0.302 e. The molecule has 2 rings (SSSR count). The lowest BCUT2D eigenvalue weighted by molar-refractivity contribution is -0.385. The van der Waals surface area contributed by atoms with E-state index in [2.05, 4.69) is 20.9 Å². The normalized spacial score (nSPS) is 10.5. The maximum absolute atomic E-state index is 10.7. The Bertz CT molecular complexity index is 559. The van der Waals surface area contributed by atoms with Gasteiger partial charge in [-0.2, -0.15) is 0 Å². The van der Waals surface area contributed by atoms with Crippen LogP contribution in [-0.2, 0) is 0 Å². The van der Waals surface area contributed by atoms with Crippen molar-refractivity contribution in [3.05, 3.63) is 44.0 Å². The van der Waals surface area contributed by atoms with Crippen LogP contribution in [0.25, 0.3) is 10.9 Å². The zero-order valence-electron chi connectivity index (χ0n) is 7.28. The Morgan fingerprint density at radius 1 is 1.47 bits per heavy atom. The van der Waals surface area contributed by atoms with Crippen molar-refractivity contribution in [2.75, 3.05) is 0 Å². The van der Waals surface area contributed by atoms with Crippen LogP contribution in [-0.4, -0.2) is 9.91 Å². The highest BCUT2D eigenvalue weighted by atomic mass is 79.9. The number of nitro groups is 1. The van der Waals surface area contributed by atoms with Crippen LogP contribution < -0.4 is 0 Å². The van der Waals surface area contributed by atoms with Crippen molar-refractivity contribution in [2.24, 2.45) is 0 Å². The third-order valence-corrected chi connectivity index (χ3v) is 3.01. The van der Waals surface area contributed by atoms with Gasteiger partial charge in [-0.3, -0.25) is 10.1 Å². The van der Waals surface area contributed by atoms with Gasteiger partial charge in [0.25, 0.3) is 0 Å². The summed E-state index contributed by atoms with van der Waals surface area (Å²) in [7, 11) is 0. The van der Waals surface area contributed by atoms with Crippen LogP contribution in [0.5, 0.6) is 0 Å². The smallest absolute Gasteiger partial charge is 0.258 e. The van der Waals surface area contributed by atoms with Crippen molar-refractivity contribution in [2.45, 2.75) is 0 Å². The van der Waals surface area contributed by atoms with Crippen LogP contribution in [0.15, 0.2) is 28.9 Å². The molecule has 0 fully saturated rings. The fourth-order valence-corrected chi connectivity index (χ4v) is 1.99. The molecule has 0 N–H and O–H groups in total. The second-order valence-electron chi connectivity index (χ2n) is 2.88. The highest BCUT2D eigenvalue weighted by molar-refractivity contribution is 9.10. The number of rotatable bonds is 1. The summed E-state index contributed by atoms with van der Waals surface area (Å²) in [6.07, 6.45) is 1.22. The molecule has 2 aromatic rings. The summed E-state index contributed by atoms with van der Waals surface area (Å²) in [5, 5.41) is 11.8. The molecule has 4 nitrogen and oxygen atoms in total. The van der Waals surface area contributed by atoms with Gasteiger partial charge in [-0.25, -0.2) is 4.98 Å². The van der Waals surface area contributed by atoms with Gasteiger partial charge in [0.2, 0.25) is 0 Å². The lowest BCUT2D eigenvalue weighted by Gasteiger charge is -2.01. The number of fused-ring (bicyclic) bond motifs is 1. The molecular formula is C9H4BrClN2O2. The molecule has 0 amide bonds. The average molecular weight is 288 g/mol. The first-order valence-electron chi connectivity index (χ1n) is 3.98. The first-order valence-corrected chi connectivity index (χ1v) is 5.15. The fraction of sp³-hybridized carbons (Fsp3) is 0. The Balaban J connectivity index is 2.82. The van der Waals surface area contributed by atoms with E-state index in [1.54, 1.807) is 18.2 Å². The molecule has 0 atom stereocenters. The second kappa shape index (κ2) is 3.75. The van der Waals surface area contributed by atoms with E-state index >= 15 is 0 Å². The zero-order valence-corrected chi connectivity index (χ0v) is 9.62. The molecule has 0 saturated carbocycles. The predicted molar refractivity (Wildman–Crippen MR) is 61.1 cm³/mol. The quantitative estimate of drug-likeness (QED) is 0.595. The first-order chi connectivity index (χ1) is 7.09. The average Bonchev–Trinajstić information content (AvgIpc) is 2.19. The summed E-state index contributed by atoms with van der Waals surface area (Å²) >= 11 is 8.98. The van der Waals surface area contributed by atoms with Gasteiger partial charge in [0, 0.05) is 10.4 Å². The Labute approximate surface area is 98.2 Å². The molecule has 0 radical (unpaired) electrons. The van der Waals surface area contributed by atoms with Crippen molar-refractivity contribution >= 4 is 44.1 Å². The fourth-order valence-electron chi connectivity index (χ4n) is 1.25. The number of pyridine rings is 1. The lowest BCUT2D eigenvalue weighted by atomic mass is 10.2. The molecule has 1 aromatic carbocycles. The van der Waals surface area contributed by atoms with E-state index in [4.69, 9.17) is 11.6 Å². The minimum Gasteiger partial charge on any atom is -0.258 e. The van der Waals surface area contributed by atoms with Gasteiger partial charge in [-0.05, 0) is 34.1 Å². The summed E-state index contributed by atoms with van der Waals surface area (Å²) in [6.45, 7) is 0. The van der Waals surface area contributed by atoms with Gasteiger partial charge in [-0.15, -0.1) is 0 Å². The number of benzene rings is 1. The molecule has 1 aromatic heterocycles. The number of hydrogen-bond acceptors (Lipinski definition) is 3. The Morgan fingerprint density at radius 3 is 2.87 bits per heavy atom. The van der Waals surface area contributed by atoms with Gasteiger partial charge in [0.15, 0.2) is 0 Å². The van der Waals surface area contributed by atoms with Crippen LogP contribution in [0.1, 0.15) is 0 Å². The predicted octanol–water partition coefficient (Wildman–Crippen LogP) is 3.56. The van der Waals surface area contributed by atoms with Crippen molar-refractivity contribution in [3.8, 4) is 0 Å². The highest BCUT2D eigenvalue weighted by Gasteiger charge is 2.15. The topological polar surface area (TPSA) is 56.0 Å². The summed E-state index contributed by atoms with van der Waals surface area (Å²) in [6, 6.07) is 5.04. The minimum absolute atomic E-state index is 0.0650. The van der Waals surface area contributed by atoms with Gasteiger partial charge in [-0.1, -0.05) is 11.6 Å². The molecule has 0 bridgehead atoms. The van der Waals surface area contributed by atoms with E-state index in [1.165, 1.54) is 6.20 Å². The zero-order chi connectivity index (χ0) is 11.0. The van der Waals surface area contributed by atoms with Crippen molar-refractivity contribution < 1.29 is 4.92 Å². The van der Waals surface area contributed by atoms with E-state index in [9.17, 15) is 10.1 Å². The molecule has 6 heteroatoms. The van der Waals surface area contributed by atoms with Gasteiger partial charge >= 0.3 is 5.69 Å². The number of aromatic nitrogens is 1. The maximum atomic E-state index is 10.7. The number of halogens is 2. The first kappa shape index (κ1) is 10.3. The van der Waals surface area contributed by atoms with Crippen LogP contribution in [0.3, 0.4) is 0 Å². The lowest BCUT2D eigenvalue weighted by Crippen LogP contribution is -1.91. The summed E-state index contributed by atoms with van der Waals surface area (Å²) < 4.78 is 0.403. The third kappa shape index (κ3) is 1.80. The van der Waals surface area contributed by atoms with Crippen LogP contribution in [0.4, 0.5) is 5.69 Å². The molecular weight excluding hydrogens is 283 g/mol. The monoisotopic (exact) mass is 286 g/mol. The van der Waals surface area contributed by atoms with E-state index in [0.29, 0.717) is 20.4 Å². The minimum atomic E-state index is -0.489. The Kier molecular flexibility index (Phi) is 2.58. The standard InChI is InChI=1S/C9H4BrClN2O2/c10-9-6-3-5(11)1-2-7(6)12-4-8(9)13(14)15/h1-4H. The van der Waals surface area contributed by atoms with Crippen molar-refractivity contribution in [1.82, 2.24) is 4.98 Å². The van der Waals surface area contributed by atoms with Crippen LogP contribution >= 0.6 is 27.5 Å². The summed E-state index contributed by atoms with van der Waals surface area (Å²) in [5.74, 6) is 0. The van der Waals surface area contributed by atoms with E-state index in [0.717, 1.165) is 0 Å². The third-order valence-electron chi connectivity index (χ3n) is 1.94. The molecule has 0 aliphatic heterocycles. The Hall–Kier alpha value is -1.20. The van der Waals surface area contributed by atoms with Gasteiger partial charge in [0.1, 0.15) is 10.7 Å². The second-order valence-corrected chi connectivity index (χ2v) is 4.11. The molecule has 15 heavy (non-hydrogen) atoms. The highest BCUT2D eigenvalue weighted by Crippen LogP contribution is 2.32. The molecule has 0 aliphatic rings. The largest absolute Gasteiger partial charge is 0.302 e. The molecule has 0 unspecified atom stereocenters. The SMILES string of the molecule is O=[N+]([O-])c1cnc2ccc(Cl)cc2c1Br. The number of hydrogen-bond donors (Lipinski definition) is 0. The molecule has 76 valence electrons. The van der Waals surface area contributed by atoms with E-state index < -0.39 is 4.92 Å². The Morgan fingerprint density at radius 2 is 2.20 bits per heavy atom. The van der Waals surface area contributed by atoms with Gasteiger partial charge in [0.05, 0.1) is 10.4 Å². The van der Waals surface area contributed by atoms with E-state index in [-0.39, 0.29) is 5.69 Å². The van der Waals surface area contributed by atoms with Crippen molar-refractivity contribution in [1.29, 1.82) is 0 Å². The molecule has 0 saturated heterocycles. The van der Waals surface area contributed by atoms with Gasteiger partial charge < -0.3 is 0 Å². The van der Waals surface area contributed by atoms with Crippen molar-refractivity contribution in [3.63, 3.8) is 0 Å². The van der Waals surface area contributed by atoms with E-state index in [1.807, 2.05) is 0 Å². The van der Waals surface area contributed by atoms with Crippen LogP contribution in [0.2, 0.25) is 5.02 Å². The molecule has 0 spiro atoms. The summed E-state index contributed by atoms with van der Waals surface area (Å²) in [5.41, 5.74) is 0.599. The molecule has 0 aliphatic carbocycles. The van der Waals surface area contributed by atoms with Crippen LogP contribution in [0, 0.1) is 10.1 Å². The summed E-state index contributed by atoms with van der Waals surface area (Å²) in [4.78, 5) is 14.1. The molecule has 1 heterocycles. The number of nitrogens with zero attached hydrogens (tertiary/aromatic N) is 2.